The molecule has 33 heavy (non-hydrogen) atoms. The molecular weight excluding hydrogens is 444 g/mol. The van der Waals surface area contributed by atoms with Crippen molar-refractivity contribution < 1.29 is 0 Å². The fraction of sp³-hybridized carbons (Fsp3) is 0.0741. The number of rotatable bonds is 6. The van der Waals surface area contributed by atoms with E-state index >= 15 is 0 Å². The Morgan fingerprint density at radius 1 is 1.03 bits per heavy atom. The van der Waals surface area contributed by atoms with E-state index in [2.05, 4.69) is 42.2 Å². The van der Waals surface area contributed by atoms with E-state index < -0.39 is 0 Å². The lowest BCUT2D eigenvalue weighted by Gasteiger charge is -2.03. The van der Waals surface area contributed by atoms with E-state index in [9.17, 15) is 5.26 Å². The Kier molecular flexibility index (Phi) is 6.07. The summed E-state index contributed by atoms with van der Waals surface area (Å²) in [5.74, 6) is 1.03. The van der Waals surface area contributed by atoms with Crippen molar-refractivity contribution in [1.82, 2.24) is 14.8 Å². The lowest BCUT2D eigenvalue weighted by Crippen LogP contribution is -1.93. The van der Waals surface area contributed by atoms with E-state index in [1.165, 1.54) is 16.2 Å². The van der Waals surface area contributed by atoms with E-state index in [-0.39, 0.29) is 0 Å². The number of benzene rings is 3. The minimum Gasteiger partial charge on any atom is -0.240 e. The number of fused-ring (bicyclic) bond motifs is 1. The van der Waals surface area contributed by atoms with Crippen molar-refractivity contribution in [2.45, 2.75) is 11.8 Å². The van der Waals surface area contributed by atoms with Crippen LogP contribution in [0.1, 0.15) is 17.5 Å². The number of nitriles is 1. The summed E-state index contributed by atoms with van der Waals surface area (Å²) in [5, 5.41) is 15.6. The van der Waals surface area contributed by atoms with Gasteiger partial charge in [0.15, 0.2) is 0 Å². The van der Waals surface area contributed by atoms with Gasteiger partial charge in [-0.2, -0.15) is 10.4 Å². The monoisotopic (exact) mass is 464 g/mol. The van der Waals surface area contributed by atoms with Crippen LogP contribution in [-0.4, -0.2) is 20.5 Å². The maximum Gasteiger partial charge on any atom is 0.135 e. The van der Waals surface area contributed by atoms with Gasteiger partial charge in [-0.15, -0.1) is 23.1 Å². The smallest absolute Gasteiger partial charge is 0.135 e. The predicted octanol–water partition coefficient (Wildman–Crippen LogP) is 7.33. The van der Waals surface area contributed by atoms with Gasteiger partial charge < -0.3 is 0 Å². The number of nitrogens with zero attached hydrogens (tertiary/aromatic N) is 4. The molecule has 0 unspecified atom stereocenters. The number of para-hydroxylation sites is 2. The molecule has 0 radical (unpaired) electrons. The Labute approximate surface area is 200 Å². The zero-order valence-electron chi connectivity index (χ0n) is 18.0. The molecule has 5 aromatic rings. The zero-order valence-corrected chi connectivity index (χ0v) is 19.6. The van der Waals surface area contributed by atoms with E-state index in [1.807, 2.05) is 83.3 Å². The SMILES string of the molecule is CCSc1ccc(-c2nn(-c3ccccc3)cc2/C=C(/C#N)c2nc3ccccc3s2)cc1. The van der Waals surface area contributed by atoms with E-state index in [4.69, 9.17) is 5.10 Å². The summed E-state index contributed by atoms with van der Waals surface area (Å²) >= 11 is 3.34. The molecule has 6 heteroatoms. The quantitative estimate of drug-likeness (QED) is 0.195. The first kappa shape index (κ1) is 21.2. The van der Waals surface area contributed by atoms with Crippen LogP contribution in [0, 0.1) is 11.3 Å². The average Bonchev–Trinajstić information content (AvgIpc) is 3.48. The van der Waals surface area contributed by atoms with Crippen LogP contribution in [0.2, 0.25) is 0 Å². The Morgan fingerprint density at radius 3 is 2.52 bits per heavy atom. The van der Waals surface area contributed by atoms with Gasteiger partial charge in [-0.1, -0.05) is 49.4 Å². The molecule has 0 saturated carbocycles. The molecule has 0 bridgehead atoms. The summed E-state index contributed by atoms with van der Waals surface area (Å²) < 4.78 is 2.93. The highest BCUT2D eigenvalue weighted by atomic mass is 32.2. The third-order valence-corrected chi connectivity index (χ3v) is 7.11. The number of thiazole rings is 1. The second-order valence-electron chi connectivity index (χ2n) is 7.33. The molecule has 0 aliphatic heterocycles. The molecule has 2 heterocycles. The van der Waals surface area contributed by atoms with Gasteiger partial charge in [0.1, 0.15) is 11.1 Å². The second-order valence-corrected chi connectivity index (χ2v) is 9.70. The second kappa shape index (κ2) is 9.45. The van der Waals surface area contributed by atoms with E-state index in [1.54, 1.807) is 0 Å². The van der Waals surface area contributed by atoms with Gasteiger partial charge in [-0.05, 0) is 48.2 Å². The molecule has 0 fully saturated rings. The van der Waals surface area contributed by atoms with Gasteiger partial charge in [-0.25, -0.2) is 9.67 Å². The number of thioether (sulfide) groups is 1. The fourth-order valence-electron chi connectivity index (χ4n) is 3.59. The lowest BCUT2D eigenvalue weighted by atomic mass is 10.1. The van der Waals surface area contributed by atoms with Gasteiger partial charge in [0.05, 0.1) is 27.2 Å². The van der Waals surface area contributed by atoms with Crippen molar-refractivity contribution >= 4 is 45.0 Å². The van der Waals surface area contributed by atoms with Crippen LogP contribution in [0.15, 0.2) is 90.0 Å². The van der Waals surface area contributed by atoms with Crippen LogP contribution < -0.4 is 0 Å². The van der Waals surface area contributed by atoms with Gasteiger partial charge in [0.25, 0.3) is 0 Å². The summed E-state index contributed by atoms with van der Waals surface area (Å²) in [7, 11) is 0. The van der Waals surface area contributed by atoms with Crippen molar-refractivity contribution in [2.75, 3.05) is 5.75 Å². The van der Waals surface area contributed by atoms with Crippen molar-refractivity contribution in [3.05, 3.63) is 95.6 Å². The molecule has 2 aromatic heterocycles. The normalized spacial score (nSPS) is 11.6. The fourth-order valence-corrected chi connectivity index (χ4v) is 5.18. The Hall–Kier alpha value is -3.66. The number of allylic oxidation sites excluding steroid dienone is 1. The van der Waals surface area contributed by atoms with Crippen molar-refractivity contribution in [1.29, 1.82) is 5.26 Å². The molecule has 0 saturated heterocycles. The summed E-state index contributed by atoms with van der Waals surface area (Å²) in [6.07, 6.45) is 3.87. The molecule has 5 rings (SSSR count). The topological polar surface area (TPSA) is 54.5 Å². The Morgan fingerprint density at radius 2 is 1.79 bits per heavy atom. The highest BCUT2D eigenvalue weighted by Gasteiger charge is 2.15. The van der Waals surface area contributed by atoms with Crippen molar-refractivity contribution in [2.24, 2.45) is 0 Å². The molecular formula is C27H20N4S2. The average molecular weight is 465 g/mol. The maximum absolute atomic E-state index is 9.97. The minimum atomic E-state index is 0.531. The maximum atomic E-state index is 9.97. The molecule has 4 nitrogen and oxygen atoms in total. The Balaban J connectivity index is 1.62. The molecule has 3 aromatic carbocycles. The third kappa shape index (κ3) is 4.47. The molecule has 0 aliphatic carbocycles. The van der Waals surface area contributed by atoms with Gasteiger partial charge in [-0.3, -0.25) is 0 Å². The standard InChI is InChI=1S/C27H20N4S2/c1-2-32-23-14-12-19(13-15-23)26-21(18-31(30-26)22-8-4-3-5-9-22)16-20(17-28)27-29-24-10-6-7-11-25(24)33-27/h3-16,18H,2H2,1H3/b20-16-. The van der Waals surface area contributed by atoms with Gasteiger partial charge in [0.2, 0.25) is 0 Å². The highest BCUT2D eigenvalue weighted by Crippen LogP contribution is 2.32. The Bertz CT molecular complexity index is 1440. The number of hydrogen-bond donors (Lipinski definition) is 0. The van der Waals surface area contributed by atoms with Crippen LogP contribution >= 0.6 is 23.1 Å². The lowest BCUT2D eigenvalue weighted by molar-refractivity contribution is 0.884. The summed E-state index contributed by atoms with van der Waals surface area (Å²) in [6, 6.07) is 28.7. The molecule has 0 atom stereocenters. The zero-order chi connectivity index (χ0) is 22.6. The first-order valence-electron chi connectivity index (χ1n) is 10.6. The van der Waals surface area contributed by atoms with Crippen LogP contribution in [0.5, 0.6) is 0 Å². The molecule has 0 amide bonds. The van der Waals surface area contributed by atoms with Crippen LogP contribution in [0.4, 0.5) is 0 Å². The van der Waals surface area contributed by atoms with Crippen LogP contribution in [0.25, 0.3) is 38.8 Å². The number of aromatic nitrogens is 3. The molecule has 160 valence electrons. The van der Waals surface area contributed by atoms with Crippen molar-refractivity contribution in [3.63, 3.8) is 0 Å². The highest BCUT2D eigenvalue weighted by molar-refractivity contribution is 7.99. The summed E-state index contributed by atoms with van der Waals surface area (Å²) in [4.78, 5) is 5.91. The first-order valence-corrected chi connectivity index (χ1v) is 12.4. The van der Waals surface area contributed by atoms with Gasteiger partial charge >= 0.3 is 0 Å². The van der Waals surface area contributed by atoms with Gasteiger partial charge in [0, 0.05) is 22.2 Å². The van der Waals surface area contributed by atoms with Crippen molar-refractivity contribution in [3.8, 4) is 23.0 Å². The largest absolute Gasteiger partial charge is 0.240 e. The summed E-state index contributed by atoms with van der Waals surface area (Å²) in [5.41, 5.74) is 5.13. The summed E-state index contributed by atoms with van der Waals surface area (Å²) in [6.45, 7) is 2.15. The minimum absolute atomic E-state index is 0.531. The number of hydrogen-bond acceptors (Lipinski definition) is 5. The molecule has 0 N–H and O–H groups in total. The third-order valence-electron chi connectivity index (χ3n) is 5.15. The molecule has 0 aliphatic rings. The van der Waals surface area contributed by atoms with E-state index in [0.717, 1.165) is 38.5 Å². The molecule has 0 spiro atoms. The van der Waals surface area contributed by atoms with Crippen LogP contribution in [0.3, 0.4) is 0 Å². The predicted molar refractivity (Wildman–Crippen MR) is 139 cm³/mol. The van der Waals surface area contributed by atoms with Crippen LogP contribution in [-0.2, 0) is 0 Å². The van der Waals surface area contributed by atoms with E-state index in [0.29, 0.717) is 10.6 Å². The first-order chi connectivity index (χ1) is 16.2.